The lowest BCUT2D eigenvalue weighted by Crippen LogP contribution is -2.33. The predicted molar refractivity (Wildman–Crippen MR) is 79.1 cm³/mol. The van der Waals surface area contributed by atoms with Gasteiger partial charge in [0.15, 0.2) is 0 Å². The molecule has 23 heavy (non-hydrogen) atoms. The van der Waals surface area contributed by atoms with Crippen LogP contribution in [-0.2, 0) is 20.4 Å². The average molecular weight is 331 g/mol. The summed E-state index contributed by atoms with van der Waals surface area (Å²) < 4.78 is 49.6. The summed E-state index contributed by atoms with van der Waals surface area (Å²) in [6.45, 7) is 2.44. The van der Waals surface area contributed by atoms with Crippen molar-refractivity contribution in [2.45, 2.75) is 44.6 Å². The monoisotopic (exact) mass is 331 g/mol. The molecule has 2 atom stereocenters. The molecule has 1 N–H and O–H groups in total. The molecule has 1 saturated heterocycles. The van der Waals surface area contributed by atoms with E-state index in [0.29, 0.717) is 6.61 Å². The Morgan fingerprint density at radius 1 is 1.39 bits per heavy atom. The Balaban J connectivity index is 1.91. The molecule has 0 saturated carbocycles. The minimum atomic E-state index is -4.52. The van der Waals surface area contributed by atoms with Gasteiger partial charge in [-0.3, -0.25) is 4.79 Å². The second-order valence-electron chi connectivity index (χ2n) is 5.50. The maximum atomic E-state index is 12.9. The first-order valence-corrected chi connectivity index (χ1v) is 7.58. The summed E-state index contributed by atoms with van der Waals surface area (Å²) in [5.41, 5.74) is -1.15. The lowest BCUT2D eigenvalue weighted by Gasteiger charge is -2.24. The van der Waals surface area contributed by atoms with Crippen LogP contribution in [0.15, 0.2) is 24.3 Å². The van der Waals surface area contributed by atoms with Crippen LogP contribution < -0.4 is 5.32 Å². The number of hydrogen-bond acceptors (Lipinski definition) is 3. The van der Waals surface area contributed by atoms with Gasteiger partial charge in [0.2, 0.25) is 0 Å². The van der Waals surface area contributed by atoms with Gasteiger partial charge in [-0.2, -0.15) is 13.2 Å². The van der Waals surface area contributed by atoms with Gasteiger partial charge in [0.25, 0.3) is 5.91 Å². The minimum absolute atomic E-state index is 0.0542. The maximum absolute atomic E-state index is 12.9. The van der Waals surface area contributed by atoms with Crippen LogP contribution in [0.3, 0.4) is 0 Å². The van der Waals surface area contributed by atoms with Crippen molar-refractivity contribution >= 4 is 11.6 Å². The zero-order chi connectivity index (χ0) is 16.9. The summed E-state index contributed by atoms with van der Waals surface area (Å²) >= 11 is 0. The first-order chi connectivity index (χ1) is 10.9. The van der Waals surface area contributed by atoms with Crippen LogP contribution >= 0.6 is 0 Å². The molecule has 2 unspecified atom stereocenters. The van der Waals surface area contributed by atoms with Gasteiger partial charge >= 0.3 is 6.18 Å². The zero-order valence-electron chi connectivity index (χ0n) is 12.9. The van der Waals surface area contributed by atoms with E-state index in [-0.39, 0.29) is 18.4 Å². The minimum Gasteiger partial charge on any atom is -0.376 e. The molecule has 1 aromatic carbocycles. The molecule has 0 spiro atoms. The lowest BCUT2D eigenvalue weighted by molar-refractivity contribution is -0.137. The van der Waals surface area contributed by atoms with Crippen molar-refractivity contribution < 1.29 is 27.4 Å². The molecule has 0 bridgehead atoms. The smallest absolute Gasteiger partial charge is 0.376 e. The second-order valence-corrected chi connectivity index (χ2v) is 5.50. The molecule has 1 heterocycles. The van der Waals surface area contributed by atoms with Crippen LogP contribution in [0.1, 0.15) is 31.7 Å². The fourth-order valence-electron chi connectivity index (χ4n) is 2.34. The van der Waals surface area contributed by atoms with Crippen LogP contribution in [0.4, 0.5) is 18.9 Å². The third-order valence-corrected chi connectivity index (χ3v) is 3.67. The van der Waals surface area contributed by atoms with Crippen molar-refractivity contribution in [1.82, 2.24) is 0 Å². The highest BCUT2D eigenvalue weighted by molar-refractivity contribution is 5.94. The Morgan fingerprint density at radius 2 is 2.13 bits per heavy atom. The van der Waals surface area contributed by atoms with Gasteiger partial charge in [0.1, 0.15) is 6.10 Å². The van der Waals surface area contributed by atoms with E-state index in [0.717, 1.165) is 25.3 Å². The zero-order valence-corrected chi connectivity index (χ0v) is 12.9. The topological polar surface area (TPSA) is 47.6 Å². The molecule has 1 amide bonds. The number of anilines is 1. The number of hydrogen-bond donors (Lipinski definition) is 1. The van der Waals surface area contributed by atoms with Crippen molar-refractivity contribution in [1.29, 1.82) is 0 Å². The number of alkyl halides is 3. The molecule has 1 aliphatic heterocycles. The summed E-state index contributed by atoms with van der Waals surface area (Å²) in [4.78, 5) is 12.0. The molecule has 0 aliphatic carbocycles. The number of halogens is 3. The number of benzene rings is 1. The van der Waals surface area contributed by atoms with E-state index < -0.39 is 23.8 Å². The number of para-hydroxylation sites is 1. The number of rotatable bonds is 5. The van der Waals surface area contributed by atoms with Crippen molar-refractivity contribution in [3.8, 4) is 0 Å². The van der Waals surface area contributed by atoms with Gasteiger partial charge in [-0.15, -0.1) is 0 Å². The quantitative estimate of drug-likeness (QED) is 0.896. The Labute approximate surface area is 133 Å². The summed E-state index contributed by atoms with van der Waals surface area (Å²) in [6.07, 6.45) is -2.51. The average Bonchev–Trinajstić information content (AvgIpc) is 2.53. The number of ether oxygens (including phenoxy) is 2. The molecule has 1 aromatic rings. The highest BCUT2D eigenvalue weighted by atomic mass is 19.4. The highest BCUT2D eigenvalue weighted by Gasteiger charge is 2.34. The molecular weight excluding hydrogens is 311 g/mol. The SMILES string of the molecule is CC(OCC1CCCCO1)C(=O)Nc1ccccc1C(F)(F)F. The van der Waals surface area contributed by atoms with Crippen molar-refractivity contribution in [2.75, 3.05) is 18.5 Å². The standard InChI is InChI=1S/C16H20F3NO3/c1-11(23-10-12-6-4-5-9-22-12)15(21)20-14-8-3-2-7-13(14)16(17,18)19/h2-3,7-8,11-12H,4-6,9-10H2,1H3,(H,20,21). The Hall–Kier alpha value is -1.60. The van der Waals surface area contributed by atoms with Gasteiger partial charge in [-0.25, -0.2) is 0 Å². The predicted octanol–water partition coefficient (Wildman–Crippen LogP) is 3.62. The third-order valence-electron chi connectivity index (χ3n) is 3.67. The Bertz CT molecular complexity index is 528. The van der Waals surface area contributed by atoms with Crippen LogP contribution in [0.2, 0.25) is 0 Å². The maximum Gasteiger partial charge on any atom is 0.418 e. The van der Waals surface area contributed by atoms with E-state index in [1.165, 1.54) is 25.1 Å². The van der Waals surface area contributed by atoms with E-state index in [4.69, 9.17) is 9.47 Å². The van der Waals surface area contributed by atoms with E-state index in [2.05, 4.69) is 5.32 Å². The van der Waals surface area contributed by atoms with Gasteiger partial charge in [-0.1, -0.05) is 12.1 Å². The number of amides is 1. The normalized spacial score (nSPS) is 20.1. The third kappa shape index (κ3) is 5.21. The fourth-order valence-corrected chi connectivity index (χ4v) is 2.34. The number of carbonyl (C=O) groups is 1. The molecule has 4 nitrogen and oxygen atoms in total. The van der Waals surface area contributed by atoms with Gasteiger partial charge in [0.05, 0.1) is 24.0 Å². The van der Waals surface area contributed by atoms with E-state index in [9.17, 15) is 18.0 Å². The molecule has 2 rings (SSSR count). The van der Waals surface area contributed by atoms with Crippen molar-refractivity contribution in [3.05, 3.63) is 29.8 Å². The Morgan fingerprint density at radius 3 is 2.78 bits per heavy atom. The summed E-state index contributed by atoms with van der Waals surface area (Å²) in [6, 6.07) is 4.86. The largest absolute Gasteiger partial charge is 0.418 e. The summed E-state index contributed by atoms with van der Waals surface area (Å²) in [5, 5.41) is 2.28. The number of carbonyl (C=O) groups excluding carboxylic acids is 1. The summed E-state index contributed by atoms with van der Waals surface area (Å²) in [5.74, 6) is -0.613. The summed E-state index contributed by atoms with van der Waals surface area (Å²) in [7, 11) is 0. The van der Waals surface area contributed by atoms with E-state index >= 15 is 0 Å². The lowest BCUT2D eigenvalue weighted by atomic mass is 10.1. The van der Waals surface area contributed by atoms with E-state index in [1.807, 2.05) is 0 Å². The van der Waals surface area contributed by atoms with Gasteiger partial charge in [-0.05, 0) is 38.3 Å². The van der Waals surface area contributed by atoms with Crippen molar-refractivity contribution in [3.63, 3.8) is 0 Å². The fraction of sp³-hybridized carbons (Fsp3) is 0.562. The molecular formula is C16H20F3NO3. The molecule has 1 fully saturated rings. The first kappa shape index (κ1) is 17.7. The second kappa shape index (κ2) is 7.79. The molecule has 0 aromatic heterocycles. The van der Waals surface area contributed by atoms with Crippen LogP contribution in [0.5, 0.6) is 0 Å². The van der Waals surface area contributed by atoms with Gasteiger partial charge in [0, 0.05) is 6.61 Å². The van der Waals surface area contributed by atoms with Gasteiger partial charge < -0.3 is 14.8 Å². The van der Waals surface area contributed by atoms with E-state index in [1.54, 1.807) is 0 Å². The Kier molecular flexibility index (Phi) is 6.01. The highest BCUT2D eigenvalue weighted by Crippen LogP contribution is 2.34. The molecule has 0 radical (unpaired) electrons. The molecule has 1 aliphatic rings. The molecule has 7 heteroatoms. The van der Waals surface area contributed by atoms with Crippen LogP contribution in [0, 0.1) is 0 Å². The van der Waals surface area contributed by atoms with Crippen LogP contribution in [0.25, 0.3) is 0 Å². The van der Waals surface area contributed by atoms with Crippen molar-refractivity contribution in [2.24, 2.45) is 0 Å². The molecule has 128 valence electrons. The number of nitrogens with one attached hydrogen (secondary N) is 1. The first-order valence-electron chi connectivity index (χ1n) is 7.58. The van der Waals surface area contributed by atoms with Crippen LogP contribution in [-0.4, -0.2) is 31.3 Å².